The Balaban J connectivity index is 0.000000479. The molecule has 3 heterocycles. The number of anilines is 2. The molecule has 178 valence electrons. The fourth-order valence-electron chi connectivity index (χ4n) is 3.06. The van der Waals surface area contributed by atoms with Crippen molar-refractivity contribution >= 4 is 29.0 Å². The molecule has 33 heavy (non-hydrogen) atoms. The highest BCUT2D eigenvalue weighted by Gasteiger charge is 2.38. The Morgan fingerprint density at radius 2 is 1.94 bits per heavy atom. The third-order valence-corrected chi connectivity index (χ3v) is 4.62. The van der Waals surface area contributed by atoms with Crippen LogP contribution >= 0.6 is 0 Å². The lowest BCUT2D eigenvalue weighted by Crippen LogP contribution is -2.44. The van der Waals surface area contributed by atoms with Crippen molar-refractivity contribution in [2.75, 3.05) is 49.7 Å². The van der Waals surface area contributed by atoms with E-state index in [1.54, 1.807) is 25.9 Å². The molecular weight excluding hydrogens is 445 g/mol. The molecule has 1 aliphatic heterocycles. The fourth-order valence-corrected chi connectivity index (χ4v) is 3.06. The van der Waals surface area contributed by atoms with Gasteiger partial charge in [0.2, 0.25) is 11.9 Å². The molecule has 0 unspecified atom stereocenters. The number of carboxylic acid groups (broad SMARTS) is 1. The molecule has 1 fully saturated rings. The minimum Gasteiger partial charge on any atom is -0.475 e. The SMILES string of the molecule is O=C(O)C(F)(F)F.[C-]#[N+]CN(C)c1nc2nc(N3CCNCC3)n(CC#CC)c2c(=O)n1C. The van der Waals surface area contributed by atoms with Crippen LogP contribution in [0.4, 0.5) is 25.1 Å². The molecule has 2 aromatic rings. The number of carbonyl (C=O) groups is 1. The van der Waals surface area contributed by atoms with Crippen LogP contribution in [0.2, 0.25) is 0 Å². The molecule has 14 heteroatoms. The Morgan fingerprint density at radius 3 is 2.45 bits per heavy atom. The van der Waals surface area contributed by atoms with Crippen LogP contribution in [0.3, 0.4) is 0 Å². The van der Waals surface area contributed by atoms with E-state index in [1.807, 2.05) is 4.57 Å². The molecule has 0 aliphatic carbocycles. The lowest BCUT2D eigenvalue weighted by atomic mass is 10.4. The second kappa shape index (κ2) is 10.7. The average molecular weight is 468 g/mol. The number of imidazole rings is 1. The van der Waals surface area contributed by atoms with Crippen LogP contribution in [0.25, 0.3) is 16.0 Å². The average Bonchev–Trinajstić information content (AvgIpc) is 3.13. The third-order valence-electron chi connectivity index (χ3n) is 4.62. The van der Waals surface area contributed by atoms with Crippen molar-refractivity contribution in [2.24, 2.45) is 7.05 Å². The van der Waals surface area contributed by atoms with Gasteiger partial charge in [0.25, 0.3) is 12.2 Å². The number of nitrogens with zero attached hydrogens (tertiary/aromatic N) is 7. The highest BCUT2D eigenvalue weighted by atomic mass is 19.4. The number of carboxylic acids is 1. The maximum absolute atomic E-state index is 13.0. The largest absolute Gasteiger partial charge is 0.490 e. The molecule has 1 aliphatic rings. The van der Waals surface area contributed by atoms with Crippen molar-refractivity contribution < 1.29 is 23.1 Å². The van der Waals surface area contributed by atoms with E-state index in [4.69, 9.17) is 16.5 Å². The normalized spacial score (nSPS) is 13.4. The van der Waals surface area contributed by atoms with E-state index in [0.29, 0.717) is 23.7 Å². The van der Waals surface area contributed by atoms with Gasteiger partial charge in [-0.1, -0.05) is 5.92 Å². The molecule has 0 saturated carbocycles. The number of piperazine rings is 1. The minimum atomic E-state index is -5.08. The van der Waals surface area contributed by atoms with Gasteiger partial charge in [0.15, 0.2) is 11.2 Å². The lowest BCUT2D eigenvalue weighted by Gasteiger charge is -2.28. The van der Waals surface area contributed by atoms with Crippen molar-refractivity contribution in [1.29, 1.82) is 0 Å². The topological polar surface area (TPSA) is 113 Å². The van der Waals surface area contributed by atoms with Gasteiger partial charge in [-0.15, -0.1) is 5.92 Å². The van der Waals surface area contributed by atoms with E-state index in [9.17, 15) is 18.0 Å². The molecule has 2 aromatic heterocycles. The van der Waals surface area contributed by atoms with Gasteiger partial charge in [0.1, 0.15) is 0 Å². The Morgan fingerprint density at radius 1 is 1.33 bits per heavy atom. The first-order valence-electron chi connectivity index (χ1n) is 9.69. The summed E-state index contributed by atoms with van der Waals surface area (Å²) in [7, 11) is 3.40. The summed E-state index contributed by atoms with van der Waals surface area (Å²) in [6, 6.07) is 0. The molecule has 0 spiro atoms. The van der Waals surface area contributed by atoms with Crippen LogP contribution in [-0.4, -0.2) is 76.2 Å². The van der Waals surface area contributed by atoms with Gasteiger partial charge in [-0.25, -0.2) is 11.4 Å². The summed E-state index contributed by atoms with van der Waals surface area (Å²) in [5, 5.41) is 10.4. The van der Waals surface area contributed by atoms with Crippen molar-refractivity contribution in [1.82, 2.24) is 24.4 Å². The number of halogens is 3. The Labute approximate surface area is 187 Å². The number of nitrogens with one attached hydrogen (secondary N) is 1. The van der Waals surface area contributed by atoms with Crippen LogP contribution in [-0.2, 0) is 18.4 Å². The van der Waals surface area contributed by atoms with Crippen LogP contribution in [0.5, 0.6) is 0 Å². The highest BCUT2D eigenvalue weighted by molar-refractivity contribution is 5.76. The maximum Gasteiger partial charge on any atom is 0.490 e. The van der Waals surface area contributed by atoms with Crippen molar-refractivity contribution in [3.05, 3.63) is 21.8 Å². The number of rotatable bonds is 4. The summed E-state index contributed by atoms with van der Waals surface area (Å²) in [6.45, 7) is 12.7. The standard InChI is InChI=1S/C17H22N8O.C2HF3O2/c1-5-6-9-25-13-14(21-17(25)24-10-7-19-8-11-24)20-16(22(3)12-18-2)23(4)15(13)26;3-2(4,5)1(6)7/h19H,7-12H2,1,3-4H3;(H,6,7). The van der Waals surface area contributed by atoms with Gasteiger partial charge < -0.3 is 15.3 Å². The molecule has 11 nitrogen and oxygen atoms in total. The van der Waals surface area contributed by atoms with Gasteiger partial charge in [-0.2, -0.15) is 23.1 Å². The summed E-state index contributed by atoms with van der Waals surface area (Å²) in [5.41, 5.74) is 0.656. The Kier molecular flexibility index (Phi) is 8.26. The summed E-state index contributed by atoms with van der Waals surface area (Å²) >= 11 is 0. The zero-order valence-electron chi connectivity index (χ0n) is 18.3. The van der Waals surface area contributed by atoms with Gasteiger partial charge >= 0.3 is 12.1 Å². The molecular formula is C19H23F3N8O3. The quantitative estimate of drug-likeness (QED) is 0.493. The van der Waals surface area contributed by atoms with E-state index in [2.05, 4.69) is 36.9 Å². The number of aliphatic carboxylic acids is 1. The van der Waals surface area contributed by atoms with Gasteiger partial charge in [-0.05, 0) is 6.92 Å². The van der Waals surface area contributed by atoms with Crippen LogP contribution in [0, 0.1) is 18.4 Å². The second-order valence-electron chi connectivity index (χ2n) is 6.91. The molecule has 1 saturated heterocycles. The first-order valence-corrected chi connectivity index (χ1v) is 9.69. The summed E-state index contributed by atoms with van der Waals surface area (Å²) in [6.07, 6.45) is -5.08. The first-order chi connectivity index (χ1) is 15.5. The molecule has 0 aromatic carbocycles. The highest BCUT2D eigenvalue weighted by Crippen LogP contribution is 2.21. The number of alkyl halides is 3. The van der Waals surface area contributed by atoms with E-state index in [-0.39, 0.29) is 12.2 Å². The van der Waals surface area contributed by atoms with E-state index in [0.717, 1.165) is 32.1 Å². The molecule has 0 atom stereocenters. The van der Waals surface area contributed by atoms with E-state index in [1.165, 1.54) is 4.57 Å². The third kappa shape index (κ3) is 5.93. The van der Waals surface area contributed by atoms with Crippen LogP contribution in [0.1, 0.15) is 6.92 Å². The Bertz CT molecular complexity index is 1160. The second-order valence-corrected chi connectivity index (χ2v) is 6.91. The number of fused-ring (bicyclic) bond motifs is 1. The minimum absolute atomic E-state index is 0.123. The smallest absolute Gasteiger partial charge is 0.475 e. The number of hydrogen-bond donors (Lipinski definition) is 2. The van der Waals surface area contributed by atoms with Gasteiger partial charge in [0, 0.05) is 40.3 Å². The number of aromatic nitrogens is 4. The lowest BCUT2D eigenvalue weighted by molar-refractivity contribution is -0.192. The zero-order chi connectivity index (χ0) is 24.8. The maximum atomic E-state index is 13.0. The number of hydrogen-bond acceptors (Lipinski definition) is 7. The van der Waals surface area contributed by atoms with E-state index < -0.39 is 12.1 Å². The summed E-state index contributed by atoms with van der Waals surface area (Å²) in [4.78, 5) is 38.3. The van der Waals surface area contributed by atoms with Crippen molar-refractivity contribution in [3.63, 3.8) is 0 Å². The molecule has 0 radical (unpaired) electrons. The molecule has 2 N–H and O–H groups in total. The monoisotopic (exact) mass is 468 g/mol. The predicted octanol–water partition coefficient (Wildman–Crippen LogP) is 0.509. The first kappa shape index (κ1) is 25.5. The van der Waals surface area contributed by atoms with Crippen LogP contribution in [0.15, 0.2) is 4.79 Å². The molecule has 0 bridgehead atoms. The van der Waals surface area contributed by atoms with Gasteiger partial charge in [-0.3, -0.25) is 23.7 Å². The molecule has 0 amide bonds. The predicted molar refractivity (Wildman–Crippen MR) is 115 cm³/mol. The van der Waals surface area contributed by atoms with E-state index >= 15 is 0 Å². The van der Waals surface area contributed by atoms with Crippen LogP contribution < -0.4 is 20.7 Å². The van der Waals surface area contributed by atoms with Gasteiger partial charge in [0.05, 0.1) is 6.54 Å². The zero-order valence-corrected chi connectivity index (χ0v) is 18.3. The fraction of sp³-hybridized carbons (Fsp3) is 0.526. The van der Waals surface area contributed by atoms with Crippen molar-refractivity contribution in [3.8, 4) is 11.8 Å². The molecule has 3 rings (SSSR count). The van der Waals surface area contributed by atoms with Crippen molar-refractivity contribution in [2.45, 2.75) is 19.6 Å². The summed E-state index contributed by atoms with van der Waals surface area (Å²) in [5.74, 6) is 4.30. The Hall–Kier alpha value is -3.78. The summed E-state index contributed by atoms with van der Waals surface area (Å²) < 4.78 is 35.1.